The number of esters is 1. The summed E-state index contributed by atoms with van der Waals surface area (Å²) < 4.78 is 6.16. The van der Waals surface area contributed by atoms with Crippen LogP contribution in [-0.4, -0.2) is 5.97 Å². The predicted octanol–water partition coefficient (Wildman–Crippen LogP) is 2.90. The third kappa shape index (κ3) is 2.58. The van der Waals surface area contributed by atoms with Gasteiger partial charge in [0.05, 0.1) is 5.92 Å². The SMILES string of the molecule is O=C(OCc1cccc(Br)c1)C1CC1. The summed E-state index contributed by atoms with van der Waals surface area (Å²) in [4.78, 5) is 11.2. The predicted molar refractivity (Wildman–Crippen MR) is 56.7 cm³/mol. The Hall–Kier alpha value is -0.830. The first-order chi connectivity index (χ1) is 6.75. The zero-order chi connectivity index (χ0) is 9.97. The molecule has 3 heteroatoms. The third-order valence-electron chi connectivity index (χ3n) is 2.18. The van der Waals surface area contributed by atoms with E-state index in [0.717, 1.165) is 22.9 Å². The minimum Gasteiger partial charge on any atom is -0.461 e. The number of hydrogen-bond acceptors (Lipinski definition) is 2. The van der Waals surface area contributed by atoms with Crippen molar-refractivity contribution in [3.8, 4) is 0 Å². The van der Waals surface area contributed by atoms with Crippen LogP contribution in [0.5, 0.6) is 0 Å². The fourth-order valence-corrected chi connectivity index (χ4v) is 1.66. The Labute approximate surface area is 91.4 Å². The van der Waals surface area contributed by atoms with E-state index in [0.29, 0.717) is 6.61 Å². The molecule has 0 bridgehead atoms. The van der Waals surface area contributed by atoms with Crippen molar-refractivity contribution in [2.45, 2.75) is 19.4 Å². The summed E-state index contributed by atoms with van der Waals surface area (Å²) in [6, 6.07) is 7.79. The first-order valence-corrected chi connectivity index (χ1v) is 5.46. The lowest BCUT2D eigenvalue weighted by atomic mass is 10.2. The molecule has 0 amide bonds. The molecule has 2 nitrogen and oxygen atoms in total. The largest absolute Gasteiger partial charge is 0.461 e. The van der Waals surface area contributed by atoms with Gasteiger partial charge in [-0.05, 0) is 30.5 Å². The molecule has 1 aliphatic carbocycles. The minimum atomic E-state index is -0.0509. The highest BCUT2D eigenvalue weighted by Crippen LogP contribution is 2.30. The second kappa shape index (κ2) is 4.13. The van der Waals surface area contributed by atoms with E-state index in [9.17, 15) is 4.79 Å². The summed E-state index contributed by atoms with van der Waals surface area (Å²) in [5.74, 6) is 0.132. The molecule has 14 heavy (non-hydrogen) atoms. The topological polar surface area (TPSA) is 26.3 Å². The van der Waals surface area contributed by atoms with Gasteiger partial charge in [-0.15, -0.1) is 0 Å². The maximum absolute atomic E-state index is 11.2. The van der Waals surface area contributed by atoms with Crippen LogP contribution in [0.25, 0.3) is 0 Å². The van der Waals surface area contributed by atoms with Crippen molar-refractivity contribution in [1.29, 1.82) is 0 Å². The van der Waals surface area contributed by atoms with Gasteiger partial charge >= 0.3 is 5.97 Å². The Balaban J connectivity index is 1.87. The van der Waals surface area contributed by atoms with Crippen LogP contribution in [0, 0.1) is 5.92 Å². The maximum Gasteiger partial charge on any atom is 0.309 e. The molecule has 0 unspecified atom stereocenters. The number of benzene rings is 1. The second-order valence-corrected chi connectivity index (χ2v) is 4.43. The van der Waals surface area contributed by atoms with Crippen molar-refractivity contribution in [3.05, 3.63) is 34.3 Å². The summed E-state index contributed by atoms with van der Waals surface area (Å²) in [5, 5.41) is 0. The number of carbonyl (C=O) groups is 1. The van der Waals surface area contributed by atoms with Crippen LogP contribution in [0.1, 0.15) is 18.4 Å². The van der Waals surface area contributed by atoms with E-state index in [4.69, 9.17) is 4.74 Å². The van der Waals surface area contributed by atoms with E-state index in [2.05, 4.69) is 15.9 Å². The molecule has 0 N–H and O–H groups in total. The van der Waals surface area contributed by atoms with Crippen LogP contribution in [0.4, 0.5) is 0 Å². The smallest absolute Gasteiger partial charge is 0.309 e. The number of hydrogen-bond donors (Lipinski definition) is 0. The molecule has 74 valence electrons. The average molecular weight is 255 g/mol. The van der Waals surface area contributed by atoms with Crippen molar-refractivity contribution in [1.82, 2.24) is 0 Å². The molecule has 1 fully saturated rings. The van der Waals surface area contributed by atoms with E-state index >= 15 is 0 Å². The van der Waals surface area contributed by atoms with Gasteiger partial charge in [-0.25, -0.2) is 0 Å². The molecular weight excluding hydrogens is 244 g/mol. The second-order valence-electron chi connectivity index (χ2n) is 3.51. The van der Waals surface area contributed by atoms with Crippen molar-refractivity contribution in [2.24, 2.45) is 5.92 Å². The van der Waals surface area contributed by atoms with Gasteiger partial charge in [0, 0.05) is 4.47 Å². The maximum atomic E-state index is 11.2. The fourth-order valence-electron chi connectivity index (χ4n) is 1.22. The molecule has 1 aromatic carbocycles. The number of ether oxygens (including phenoxy) is 1. The van der Waals surface area contributed by atoms with Crippen LogP contribution in [0.3, 0.4) is 0 Å². The lowest BCUT2D eigenvalue weighted by Gasteiger charge is -2.03. The van der Waals surface area contributed by atoms with Gasteiger partial charge < -0.3 is 4.74 Å². The highest BCUT2D eigenvalue weighted by molar-refractivity contribution is 9.10. The molecular formula is C11H11BrO2. The average Bonchev–Trinajstić information content (AvgIpc) is 2.97. The summed E-state index contributed by atoms with van der Waals surface area (Å²) in [7, 11) is 0. The van der Waals surface area contributed by atoms with Crippen LogP contribution in [0.2, 0.25) is 0 Å². The number of rotatable bonds is 3. The third-order valence-corrected chi connectivity index (χ3v) is 2.67. The molecule has 0 heterocycles. The Kier molecular flexibility index (Phi) is 2.87. The van der Waals surface area contributed by atoms with Gasteiger partial charge in [-0.3, -0.25) is 4.79 Å². The summed E-state index contributed by atoms with van der Waals surface area (Å²) in [6.07, 6.45) is 1.99. The van der Waals surface area contributed by atoms with Gasteiger partial charge in [-0.2, -0.15) is 0 Å². The zero-order valence-corrected chi connectivity index (χ0v) is 9.29. The van der Waals surface area contributed by atoms with Crippen molar-refractivity contribution < 1.29 is 9.53 Å². The Morgan fingerprint density at radius 2 is 2.29 bits per heavy atom. The Bertz CT molecular complexity index is 345. The van der Waals surface area contributed by atoms with Crippen LogP contribution < -0.4 is 0 Å². The zero-order valence-electron chi connectivity index (χ0n) is 7.70. The van der Waals surface area contributed by atoms with Gasteiger partial charge in [0.1, 0.15) is 6.61 Å². The monoisotopic (exact) mass is 254 g/mol. The summed E-state index contributed by atoms with van der Waals surface area (Å²) in [6.45, 7) is 0.384. The fraction of sp³-hybridized carbons (Fsp3) is 0.364. The quantitative estimate of drug-likeness (QED) is 0.776. The Morgan fingerprint density at radius 1 is 1.50 bits per heavy atom. The van der Waals surface area contributed by atoms with Gasteiger partial charge in [-0.1, -0.05) is 28.1 Å². The molecule has 0 radical (unpaired) electrons. The molecule has 0 aliphatic heterocycles. The first kappa shape index (κ1) is 9.71. The molecule has 0 saturated heterocycles. The van der Waals surface area contributed by atoms with Gasteiger partial charge in [0.2, 0.25) is 0 Å². The van der Waals surface area contributed by atoms with Gasteiger partial charge in [0.15, 0.2) is 0 Å². The van der Waals surface area contributed by atoms with E-state index in [-0.39, 0.29) is 11.9 Å². The molecule has 2 rings (SSSR count). The molecule has 0 atom stereocenters. The van der Waals surface area contributed by atoms with Gasteiger partial charge in [0.25, 0.3) is 0 Å². The lowest BCUT2D eigenvalue weighted by molar-refractivity contribution is -0.146. The standard InChI is InChI=1S/C11H11BrO2/c12-10-3-1-2-8(6-10)7-14-11(13)9-4-5-9/h1-3,6,9H,4-5,7H2. The van der Waals surface area contributed by atoms with E-state index in [1.165, 1.54) is 0 Å². The highest BCUT2D eigenvalue weighted by Gasteiger charge is 2.31. The van der Waals surface area contributed by atoms with Crippen molar-refractivity contribution >= 4 is 21.9 Å². The van der Waals surface area contributed by atoms with Crippen LogP contribution in [-0.2, 0) is 16.1 Å². The number of halogens is 1. The van der Waals surface area contributed by atoms with Crippen molar-refractivity contribution in [2.75, 3.05) is 0 Å². The minimum absolute atomic E-state index is 0.0509. The molecule has 0 spiro atoms. The summed E-state index contributed by atoms with van der Waals surface area (Å²) >= 11 is 3.37. The molecule has 1 aromatic rings. The van der Waals surface area contributed by atoms with Crippen LogP contribution >= 0.6 is 15.9 Å². The van der Waals surface area contributed by atoms with E-state index < -0.39 is 0 Å². The molecule has 1 aliphatic rings. The molecule has 1 saturated carbocycles. The molecule has 0 aromatic heterocycles. The van der Waals surface area contributed by atoms with E-state index in [1.807, 2.05) is 24.3 Å². The number of carbonyl (C=O) groups excluding carboxylic acids is 1. The Morgan fingerprint density at radius 3 is 2.93 bits per heavy atom. The lowest BCUT2D eigenvalue weighted by Crippen LogP contribution is -2.06. The highest BCUT2D eigenvalue weighted by atomic mass is 79.9. The summed E-state index contributed by atoms with van der Waals surface area (Å²) in [5.41, 5.74) is 1.02. The normalized spacial score (nSPS) is 15.2. The van der Waals surface area contributed by atoms with Crippen molar-refractivity contribution in [3.63, 3.8) is 0 Å². The first-order valence-electron chi connectivity index (χ1n) is 4.67. The van der Waals surface area contributed by atoms with Crippen LogP contribution in [0.15, 0.2) is 28.7 Å². The van der Waals surface area contributed by atoms with E-state index in [1.54, 1.807) is 0 Å².